The van der Waals surface area contributed by atoms with E-state index in [-0.39, 0.29) is 0 Å². The second kappa shape index (κ2) is 6.29. The van der Waals surface area contributed by atoms with Crippen LogP contribution in [0.3, 0.4) is 0 Å². The number of aromatic nitrogens is 2. The molecule has 0 aliphatic heterocycles. The minimum Gasteiger partial charge on any atom is -0.237 e. The fourth-order valence-corrected chi connectivity index (χ4v) is 8.36. The largest absolute Gasteiger partial charge is 0.237 e. The lowest BCUT2D eigenvalue weighted by Gasteiger charge is -1.93. The summed E-state index contributed by atoms with van der Waals surface area (Å²) in [4.78, 5) is 8.35. The van der Waals surface area contributed by atoms with E-state index in [4.69, 9.17) is 0 Å². The van der Waals surface area contributed by atoms with Crippen molar-refractivity contribution in [1.29, 1.82) is 0 Å². The molecule has 2 aromatic heterocycles. The predicted octanol–water partition coefficient (Wildman–Crippen LogP) is 4.70. The minimum atomic E-state index is 1.10. The monoisotopic (exact) mass is 296 g/mol. The molecule has 8 heteroatoms. The fourth-order valence-electron chi connectivity index (χ4n) is 0.589. The van der Waals surface area contributed by atoms with Gasteiger partial charge in [0.15, 0.2) is 8.68 Å². The highest BCUT2D eigenvalue weighted by Gasteiger charge is 2.00. The molecular weight excluding hydrogens is 292 g/mol. The van der Waals surface area contributed by atoms with E-state index < -0.39 is 0 Å². The summed E-state index contributed by atoms with van der Waals surface area (Å²) in [5, 5.41) is 3.98. The van der Waals surface area contributed by atoms with Gasteiger partial charge in [-0.1, -0.05) is 0 Å². The third kappa shape index (κ3) is 3.67. The van der Waals surface area contributed by atoms with Crippen LogP contribution in [0.4, 0.5) is 0 Å². The molecule has 14 heavy (non-hydrogen) atoms. The van der Waals surface area contributed by atoms with Gasteiger partial charge in [-0.2, -0.15) is 0 Å². The molecule has 0 saturated carbocycles. The summed E-state index contributed by atoms with van der Waals surface area (Å²) in [6.45, 7) is 0. The summed E-state index contributed by atoms with van der Waals surface area (Å²) in [6, 6.07) is 0. The molecule has 0 aromatic carbocycles. The van der Waals surface area contributed by atoms with E-state index in [1.54, 1.807) is 63.9 Å². The molecule has 2 rings (SSSR count). The Bertz CT molecular complexity index is 308. The first-order chi connectivity index (χ1) is 6.95. The molecule has 0 radical (unpaired) electrons. The Hall–Kier alpha value is 0.660. The molecule has 0 N–H and O–H groups in total. The molecule has 0 spiro atoms. The van der Waals surface area contributed by atoms with Crippen molar-refractivity contribution in [2.45, 2.75) is 8.68 Å². The highest BCUT2D eigenvalue weighted by molar-refractivity contribution is 9.26. The van der Waals surface area contributed by atoms with Gasteiger partial charge < -0.3 is 0 Å². The van der Waals surface area contributed by atoms with Crippen LogP contribution in [0.15, 0.2) is 31.8 Å². The molecule has 0 amide bonds. The first-order valence-corrected chi connectivity index (χ1v) is 9.99. The minimum absolute atomic E-state index is 1.10. The second-order valence-corrected chi connectivity index (χ2v) is 9.85. The number of hydrogen-bond donors (Lipinski definition) is 0. The number of nitrogens with zero attached hydrogens (tertiary/aromatic N) is 2. The van der Waals surface area contributed by atoms with Crippen LogP contribution >= 0.6 is 63.9 Å². The average Bonchev–Trinajstić information content (AvgIpc) is 2.86. The number of hydrogen-bond acceptors (Lipinski definition) is 8. The van der Waals surface area contributed by atoms with Crippen LogP contribution in [0.5, 0.6) is 0 Å². The predicted molar refractivity (Wildman–Crippen MR) is 71.1 cm³/mol. The molecule has 0 aliphatic carbocycles. The SMILES string of the molecule is c1csc(SSSSc2nccs2)n1. The average molecular weight is 297 g/mol. The molecule has 74 valence electrons. The zero-order chi connectivity index (χ0) is 9.64. The summed E-state index contributed by atoms with van der Waals surface area (Å²) in [7, 11) is 6.82. The first-order valence-electron chi connectivity index (χ1n) is 3.42. The van der Waals surface area contributed by atoms with E-state index in [2.05, 4.69) is 9.97 Å². The molecule has 0 aliphatic rings. The van der Waals surface area contributed by atoms with Crippen LogP contribution < -0.4 is 0 Å². The van der Waals surface area contributed by atoms with Gasteiger partial charge >= 0.3 is 0 Å². The van der Waals surface area contributed by atoms with Crippen LogP contribution in [0.1, 0.15) is 0 Å². The Balaban J connectivity index is 1.65. The topological polar surface area (TPSA) is 25.8 Å². The molecular formula is C6H4N2S6. The van der Waals surface area contributed by atoms with Gasteiger partial charge in [0.1, 0.15) is 0 Å². The van der Waals surface area contributed by atoms with Crippen molar-refractivity contribution in [1.82, 2.24) is 9.97 Å². The van der Waals surface area contributed by atoms with Gasteiger partial charge in [-0.15, -0.1) is 22.7 Å². The third-order valence-corrected chi connectivity index (χ3v) is 9.33. The van der Waals surface area contributed by atoms with Crippen molar-refractivity contribution >= 4 is 63.9 Å². The van der Waals surface area contributed by atoms with Gasteiger partial charge in [0.2, 0.25) is 0 Å². The van der Waals surface area contributed by atoms with Crippen LogP contribution in [0.25, 0.3) is 0 Å². The van der Waals surface area contributed by atoms with Crippen LogP contribution in [-0.4, -0.2) is 9.97 Å². The highest BCUT2D eigenvalue weighted by Crippen LogP contribution is 2.49. The van der Waals surface area contributed by atoms with Crippen molar-refractivity contribution in [3.05, 3.63) is 23.2 Å². The smallest absolute Gasteiger partial charge is 0.161 e. The van der Waals surface area contributed by atoms with Gasteiger partial charge in [0.25, 0.3) is 0 Å². The van der Waals surface area contributed by atoms with Crippen molar-refractivity contribution < 1.29 is 0 Å². The van der Waals surface area contributed by atoms with Crippen molar-refractivity contribution in [3.63, 3.8) is 0 Å². The van der Waals surface area contributed by atoms with Crippen LogP contribution in [0, 0.1) is 0 Å². The van der Waals surface area contributed by atoms with E-state index >= 15 is 0 Å². The Morgan fingerprint density at radius 1 is 0.857 bits per heavy atom. The molecule has 0 bridgehead atoms. The zero-order valence-corrected chi connectivity index (χ0v) is 11.6. The Morgan fingerprint density at radius 2 is 1.36 bits per heavy atom. The van der Waals surface area contributed by atoms with Crippen LogP contribution in [0.2, 0.25) is 0 Å². The van der Waals surface area contributed by atoms with Gasteiger partial charge in [-0.3, -0.25) is 0 Å². The standard InChI is InChI=1S/C6H4N2S6/c1-3-9-5(7-1)11-13-14-12-6-8-2-4-10-6/h1-4H. The molecule has 2 heterocycles. The number of thiazole rings is 2. The van der Waals surface area contributed by atoms with E-state index in [0.29, 0.717) is 0 Å². The maximum atomic E-state index is 4.18. The molecule has 0 fully saturated rings. The van der Waals surface area contributed by atoms with Gasteiger partial charge in [0.05, 0.1) is 0 Å². The highest BCUT2D eigenvalue weighted by atomic mass is 33.7. The molecule has 2 nitrogen and oxygen atoms in total. The lowest BCUT2D eigenvalue weighted by Crippen LogP contribution is -1.58. The van der Waals surface area contributed by atoms with E-state index in [1.165, 1.54) is 0 Å². The van der Waals surface area contributed by atoms with Crippen molar-refractivity contribution in [3.8, 4) is 0 Å². The van der Waals surface area contributed by atoms with E-state index in [9.17, 15) is 0 Å². The third-order valence-electron chi connectivity index (χ3n) is 1.06. The summed E-state index contributed by atoms with van der Waals surface area (Å²) < 4.78 is 2.20. The Labute approximate surface area is 105 Å². The van der Waals surface area contributed by atoms with Gasteiger partial charge in [0, 0.05) is 23.2 Å². The van der Waals surface area contributed by atoms with Crippen molar-refractivity contribution in [2.24, 2.45) is 0 Å². The zero-order valence-electron chi connectivity index (χ0n) is 6.65. The molecule has 0 unspecified atom stereocenters. The second-order valence-electron chi connectivity index (χ2n) is 1.90. The normalized spacial score (nSPS) is 10.6. The van der Waals surface area contributed by atoms with Crippen molar-refractivity contribution in [2.75, 3.05) is 0 Å². The van der Waals surface area contributed by atoms with E-state index in [1.807, 2.05) is 23.2 Å². The molecule has 2 aromatic rings. The Kier molecular flexibility index (Phi) is 5.01. The van der Waals surface area contributed by atoms with Gasteiger partial charge in [-0.05, 0) is 41.2 Å². The fraction of sp³-hybridized carbons (Fsp3) is 0. The van der Waals surface area contributed by atoms with Crippen LogP contribution in [-0.2, 0) is 0 Å². The van der Waals surface area contributed by atoms with E-state index in [0.717, 1.165) is 8.68 Å². The Morgan fingerprint density at radius 3 is 1.71 bits per heavy atom. The summed E-state index contributed by atoms with van der Waals surface area (Å²) in [5.74, 6) is 0. The summed E-state index contributed by atoms with van der Waals surface area (Å²) >= 11 is 3.33. The quantitative estimate of drug-likeness (QED) is 0.586. The summed E-state index contributed by atoms with van der Waals surface area (Å²) in [5.41, 5.74) is 0. The maximum Gasteiger partial charge on any atom is 0.161 e. The van der Waals surface area contributed by atoms with Gasteiger partial charge in [-0.25, -0.2) is 9.97 Å². The lowest BCUT2D eigenvalue weighted by atomic mass is 11.0. The summed E-state index contributed by atoms with van der Waals surface area (Å²) in [6.07, 6.45) is 3.65. The molecule has 0 saturated heterocycles. The lowest BCUT2D eigenvalue weighted by molar-refractivity contribution is 1.26. The first kappa shape index (κ1) is 11.2. The molecule has 0 atom stereocenters. The maximum absolute atomic E-state index is 4.18. The number of rotatable bonds is 5.